The van der Waals surface area contributed by atoms with Gasteiger partial charge in [0.2, 0.25) is 0 Å². The van der Waals surface area contributed by atoms with Crippen LogP contribution in [0, 0.1) is 0 Å². The Kier molecular flexibility index (Phi) is 6.14. The van der Waals surface area contributed by atoms with Crippen molar-refractivity contribution < 1.29 is 24.2 Å². The maximum atomic E-state index is 6.12. The van der Waals surface area contributed by atoms with Crippen molar-refractivity contribution in [2.24, 2.45) is 5.73 Å². The Morgan fingerprint density at radius 1 is 1.38 bits per heavy atom. The van der Waals surface area contributed by atoms with Gasteiger partial charge in [-0.1, -0.05) is 30.3 Å². The molecule has 1 aliphatic heterocycles. The van der Waals surface area contributed by atoms with Crippen LogP contribution < -0.4 is 11.1 Å². The average Bonchev–Trinajstić information content (AvgIpc) is 2.31. The standard InChI is InChI=1S/C12H18N2O.Zn/c13-11(12-9-14-6-7-15-12)8-10-4-2-1-3-5-10;/h1-5,11-12,14H,6-9,13H2;/t11?,12-;/m1./s1. The third-order valence-corrected chi connectivity index (χ3v) is 2.75. The molecule has 1 aliphatic rings. The van der Waals surface area contributed by atoms with E-state index in [1.54, 1.807) is 0 Å². The molecule has 0 saturated carbocycles. The van der Waals surface area contributed by atoms with Crippen LogP contribution in [0.2, 0.25) is 0 Å². The molecule has 1 aromatic rings. The predicted molar refractivity (Wildman–Crippen MR) is 60.7 cm³/mol. The van der Waals surface area contributed by atoms with Gasteiger partial charge in [0.05, 0.1) is 12.7 Å². The van der Waals surface area contributed by atoms with E-state index in [1.807, 2.05) is 18.2 Å². The van der Waals surface area contributed by atoms with E-state index in [1.165, 1.54) is 5.56 Å². The van der Waals surface area contributed by atoms with E-state index >= 15 is 0 Å². The Bertz CT molecular complexity index is 288. The van der Waals surface area contributed by atoms with E-state index in [0.29, 0.717) is 0 Å². The van der Waals surface area contributed by atoms with Crippen LogP contribution in [-0.2, 0) is 30.6 Å². The first-order valence-corrected chi connectivity index (χ1v) is 5.48. The molecule has 1 aromatic carbocycles. The number of hydrogen-bond acceptors (Lipinski definition) is 3. The zero-order valence-corrected chi connectivity index (χ0v) is 12.5. The van der Waals surface area contributed by atoms with Crippen LogP contribution in [0.3, 0.4) is 0 Å². The molecule has 1 saturated heterocycles. The van der Waals surface area contributed by atoms with Crippen molar-refractivity contribution in [2.45, 2.75) is 18.6 Å². The van der Waals surface area contributed by atoms with Crippen LogP contribution in [0.15, 0.2) is 30.3 Å². The third-order valence-electron chi connectivity index (χ3n) is 2.75. The first-order valence-electron chi connectivity index (χ1n) is 5.48. The van der Waals surface area contributed by atoms with Gasteiger partial charge in [-0.3, -0.25) is 0 Å². The topological polar surface area (TPSA) is 47.3 Å². The van der Waals surface area contributed by atoms with Gasteiger partial charge in [-0.25, -0.2) is 0 Å². The van der Waals surface area contributed by atoms with E-state index in [-0.39, 0.29) is 31.6 Å². The molecular formula is C12H18N2OZn. The van der Waals surface area contributed by atoms with Crippen LogP contribution in [0.4, 0.5) is 0 Å². The summed E-state index contributed by atoms with van der Waals surface area (Å²) in [5.41, 5.74) is 7.39. The molecule has 1 unspecified atom stereocenters. The number of ether oxygens (including phenoxy) is 1. The summed E-state index contributed by atoms with van der Waals surface area (Å²) in [4.78, 5) is 0. The number of hydrogen-bond donors (Lipinski definition) is 2. The maximum absolute atomic E-state index is 6.12. The molecule has 1 fully saturated rings. The van der Waals surface area contributed by atoms with Crippen LogP contribution in [0.25, 0.3) is 0 Å². The Labute approximate surface area is 110 Å². The molecule has 16 heavy (non-hydrogen) atoms. The Morgan fingerprint density at radius 2 is 2.12 bits per heavy atom. The Hall–Kier alpha value is -0.277. The van der Waals surface area contributed by atoms with Gasteiger partial charge in [-0.05, 0) is 12.0 Å². The van der Waals surface area contributed by atoms with E-state index in [2.05, 4.69) is 17.4 Å². The molecule has 3 N–H and O–H groups in total. The first-order chi connectivity index (χ1) is 7.36. The normalized spacial score (nSPS) is 22.2. The fourth-order valence-electron chi connectivity index (χ4n) is 1.88. The summed E-state index contributed by atoms with van der Waals surface area (Å²) in [7, 11) is 0. The molecule has 0 amide bonds. The summed E-state index contributed by atoms with van der Waals surface area (Å²) in [6.45, 7) is 2.58. The zero-order chi connectivity index (χ0) is 10.5. The predicted octanol–water partition coefficient (Wildman–Crippen LogP) is 0.542. The van der Waals surface area contributed by atoms with Gasteiger partial charge in [0.15, 0.2) is 0 Å². The SMILES string of the molecule is NC(Cc1ccccc1)[C@H]1CNCCO1.[Zn]. The molecule has 1 heterocycles. The zero-order valence-electron chi connectivity index (χ0n) is 9.56. The monoisotopic (exact) mass is 270 g/mol. The van der Waals surface area contributed by atoms with E-state index < -0.39 is 0 Å². The van der Waals surface area contributed by atoms with E-state index in [9.17, 15) is 0 Å². The third kappa shape index (κ3) is 3.95. The molecule has 3 nitrogen and oxygen atoms in total. The van der Waals surface area contributed by atoms with Crippen LogP contribution in [-0.4, -0.2) is 31.8 Å². The number of nitrogens with two attached hydrogens (primary N) is 1. The summed E-state index contributed by atoms with van der Waals surface area (Å²) in [5, 5.41) is 3.30. The maximum Gasteiger partial charge on any atom is 0.0853 e. The number of nitrogens with one attached hydrogen (secondary N) is 1. The molecule has 84 valence electrons. The molecule has 2 atom stereocenters. The van der Waals surface area contributed by atoms with Crippen molar-refractivity contribution in [1.29, 1.82) is 0 Å². The van der Waals surface area contributed by atoms with Crippen molar-refractivity contribution in [2.75, 3.05) is 19.7 Å². The second-order valence-electron chi connectivity index (χ2n) is 3.97. The number of rotatable bonds is 3. The quantitative estimate of drug-likeness (QED) is 0.789. The molecule has 0 spiro atoms. The Morgan fingerprint density at radius 3 is 2.75 bits per heavy atom. The molecule has 2 rings (SSSR count). The number of benzene rings is 1. The second kappa shape index (κ2) is 7.13. The molecule has 0 radical (unpaired) electrons. The van der Waals surface area contributed by atoms with Crippen LogP contribution in [0.5, 0.6) is 0 Å². The van der Waals surface area contributed by atoms with Crippen molar-refractivity contribution in [1.82, 2.24) is 5.32 Å². The summed E-state index contributed by atoms with van der Waals surface area (Å²) in [6, 6.07) is 10.4. The van der Waals surface area contributed by atoms with Crippen molar-refractivity contribution >= 4 is 0 Å². The molecule has 0 aliphatic carbocycles. The van der Waals surface area contributed by atoms with Gasteiger partial charge in [0.25, 0.3) is 0 Å². The minimum absolute atomic E-state index is 0. The fourth-order valence-corrected chi connectivity index (χ4v) is 1.88. The van der Waals surface area contributed by atoms with Gasteiger partial charge >= 0.3 is 0 Å². The summed E-state index contributed by atoms with van der Waals surface area (Å²) >= 11 is 0. The van der Waals surface area contributed by atoms with E-state index in [0.717, 1.165) is 26.1 Å². The smallest absolute Gasteiger partial charge is 0.0853 e. The van der Waals surface area contributed by atoms with Gasteiger partial charge in [-0.2, -0.15) is 0 Å². The van der Waals surface area contributed by atoms with Crippen molar-refractivity contribution in [3.05, 3.63) is 35.9 Å². The molecular weight excluding hydrogens is 254 g/mol. The van der Waals surface area contributed by atoms with Crippen molar-refractivity contribution in [3.8, 4) is 0 Å². The van der Waals surface area contributed by atoms with Gasteiger partial charge < -0.3 is 15.8 Å². The second-order valence-corrected chi connectivity index (χ2v) is 3.97. The van der Waals surface area contributed by atoms with Gasteiger partial charge in [0.1, 0.15) is 0 Å². The summed E-state index contributed by atoms with van der Waals surface area (Å²) < 4.78 is 5.62. The molecule has 0 aromatic heterocycles. The first kappa shape index (κ1) is 13.8. The van der Waals surface area contributed by atoms with Gasteiger partial charge in [0, 0.05) is 38.6 Å². The molecule has 4 heteroatoms. The van der Waals surface area contributed by atoms with E-state index in [4.69, 9.17) is 10.5 Å². The minimum atomic E-state index is 0. The van der Waals surface area contributed by atoms with Crippen molar-refractivity contribution in [3.63, 3.8) is 0 Å². The van der Waals surface area contributed by atoms with Gasteiger partial charge in [-0.15, -0.1) is 0 Å². The average molecular weight is 272 g/mol. The summed E-state index contributed by atoms with van der Waals surface area (Å²) in [6.07, 6.45) is 1.03. The Balaban J connectivity index is 0.00000128. The minimum Gasteiger partial charge on any atom is -0.374 e. The fraction of sp³-hybridized carbons (Fsp3) is 0.500. The summed E-state index contributed by atoms with van der Waals surface area (Å²) in [5.74, 6) is 0. The van der Waals surface area contributed by atoms with Crippen LogP contribution >= 0.6 is 0 Å². The largest absolute Gasteiger partial charge is 0.374 e. The number of morpholine rings is 1. The molecule has 0 bridgehead atoms. The van der Waals surface area contributed by atoms with Crippen LogP contribution in [0.1, 0.15) is 5.56 Å².